The van der Waals surface area contributed by atoms with Crippen molar-refractivity contribution in [2.24, 2.45) is 17.8 Å². The number of carbonyl (C=O) groups is 1. The maximum absolute atomic E-state index is 13.0. The second-order valence-corrected chi connectivity index (χ2v) is 21.7. The van der Waals surface area contributed by atoms with Crippen LogP contribution in [0, 0.1) is 17.8 Å². The summed E-state index contributed by atoms with van der Waals surface area (Å²) >= 11 is 0. The Morgan fingerprint density at radius 1 is 0.487 bits per heavy atom. The van der Waals surface area contributed by atoms with E-state index >= 15 is 0 Å². The van der Waals surface area contributed by atoms with Crippen molar-refractivity contribution < 1.29 is 139 Å². The van der Waals surface area contributed by atoms with Crippen LogP contribution in [0.15, 0.2) is 12.2 Å². The molecular formula is C48H78O28. The Balaban J connectivity index is 0.875. The molecule has 0 radical (unpaired) electrons. The van der Waals surface area contributed by atoms with Crippen molar-refractivity contribution in [3.63, 3.8) is 0 Å². The van der Waals surface area contributed by atoms with Gasteiger partial charge >= 0.3 is 5.97 Å². The van der Waals surface area contributed by atoms with Crippen LogP contribution in [-0.2, 0) is 52.2 Å². The number of aliphatic hydroxyl groups is 17. The third-order valence-corrected chi connectivity index (χ3v) is 16.5. The van der Waals surface area contributed by atoms with Gasteiger partial charge in [-0.15, -0.1) is 0 Å². The Hall–Kier alpha value is -1.83. The zero-order chi connectivity index (χ0) is 55.0. The second-order valence-electron chi connectivity index (χ2n) is 21.7. The summed E-state index contributed by atoms with van der Waals surface area (Å²) in [6.07, 6.45) is -36.9. The first kappa shape index (κ1) is 60.3. The fourth-order valence-electron chi connectivity index (χ4n) is 12.1. The summed E-state index contributed by atoms with van der Waals surface area (Å²) in [7, 11) is 0. The van der Waals surface area contributed by atoms with E-state index in [1.807, 2.05) is 0 Å². The first-order chi connectivity index (χ1) is 36.1. The topological polar surface area (TPSA) is 453 Å². The zero-order valence-electron chi connectivity index (χ0n) is 41.7. The molecule has 76 heavy (non-hydrogen) atoms. The molecule has 3 aliphatic carbocycles. The standard InChI is InChI=1S/C48H78O28/c1-16-42(75-30(55)7-4-17-2-5-20(6-3-17)68-46-38(63)34(59)32(57)27(13-49)72-46)36(61)40(65)45(67-16)76-44-29(15-51)74-48(41(66)37(44)62)71-26-12-21-24(69-43(26)18-8-22(53)31(56)23(54)9-18)10-19(52)11-25(21)70-47-39(64)35(60)33(58)28(14-50)73-47/h4,7,16-29,31-54,56-66H,2-3,5-6,8-15H2,1H3/t16-,17?,18?,19?,20?,21?,22?,23?,24?,25?,26?,27-,28-,29-,31?,32-,33-,34-,35+,36-,37-,38+,39-,40-,41-,42-,43?,44+,45+,46+,47-,48-/m0/s1. The molecule has 28 atom stereocenters. The van der Waals surface area contributed by atoms with Crippen molar-refractivity contribution in [3.05, 3.63) is 12.2 Å². The highest BCUT2D eigenvalue weighted by molar-refractivity contribution is 5.82. The average Bonchev–Trinajstić information content (AvgIpc) is 3.41. The number of ether oxygens (including phenoxy) is 10. The van der Waals surface area contributed by atoms with Gasteiger partial charge < -0.3 is 134 Å². The van der Waals surface area contributed by atoms with E-state index in [9.17, 15) is 91.6 Å². The van der Waals surface area contributed by atoms with E-state index in [-0.39, 0.29) is 38.0 Å². The number of allylic oxidation sites excluding steroid dienone is 1. The number of fused-ring (bicyclic) bond motifs is 1. The summed E-state index contributed by atoms with van der Waals surface area (Å²) in [6, 6.07) is 0. The quantitative estimate of drug-likeness (QED) is 0.0535. The molecule has 0 aromatic rings. The molecule has 28 heteroatoms. The van der Waals surface area contributed by atoms with Crippen molar-refractivity contribution in [1.29, 1.82) is 0 Å². The van der Waals surface area contributed by atoms with E-state index in [0.29, 0.717) is 25.7 Å². The van der Waals surface area contributed by atoms with Gasteiger partial charge in [-0.3, -0.25) is 0 Å². The van der Waals surface area contributed by atoms with Crippen LogP contribution in [0.25, 0.3) is 0 Å². The highest BCUT2D eigenvalue weighted by Gasteiger charge is 2.56. The lowest BCUT2D eigenvalue weighted by molar-refractivity contribution is -0.369. The van der Waals surface area contributed by atoms with Crippen LogP contribution in [0.1, 0.15) is 64.7 Å². The Kier molecular flexibility index (Phi) is 20.6. The lowest BCUT2D eigenvalue weighted by atomic mass is 9.72. The first-order valence-electron chi connectivity index (χ1n) is 26.3. The molecule has 17 N–H and O–H groups in total. The van der Waals surface area contributed by atoms with Crippen molar-refractivity contribution >= 4 is 5.97 Å². The molecule has 8 aliphatic rings. The molecule has 0 bridgehead atoms. The molecular weight excluding hydrogens is 1020 g/mol. The molecule has 5 aliphatic heterocycles. The Morgan fingerprint density at radius 3 is 1.55 bits per heavy atom. The van der Waals surface area contributed by atoms with E-state index in [1.54, 1.807) is 6.08 Å². The van der Waals surface area contributed by atoms with Crippen molar-refractivity contribution in [3.8, 4) is 0 Å². The summed E-state index contributed by atoms with van der Waals surface area (Å²) in [4.78, 5) is 13.0. The van der Waals surface area contributed by atoms with Gasteiger partial charge in [0.15, 0.2) is 31.3 Å². The van der Waals surface area contributed by atoms with E-state index in [1.165, 1.54) is 13.0 Å². The Labute approximate surface area is 436 Å². The lowest BCUT2D eigenvalue weighted by Gasteiger charge is -2.53. The molecule has 3 saturated carbocycles. The molecule has 8 unspecified atom stereocenters. The van der Waals surface area contributed by atoms with Gasteiger partial charge in [0, 0.05) is 18.4 Å². The van der Waals surface area contributed by atoms with E-state index < -0.39 is 215 Å². The van der Waals surface area contributed by atoms with Gasteiger partial charge in [-0.2, -0.15) is 0 Å². The van der Waals surface area contributed by atoms with Crippen LogP contribution >= 0.6 is 0 Å². The fourth-order valence-corrected chi connectivity index (χ4v) is 12.1. The van der Waals surface area contributed by atoms with Gasteiger partial charge in [0.2, 0.25) is 0 Å². The summed E-state index contributed by atoms with van der Waals surface area (Å²) < 4.78 is 59.2. The van der Waals surface area contributed by atoms with Crippen LogP contribution in [-0.4, -0.2) is 290 Å². The summed E-state index contributed by atoms with van der Waals surface area (Å²) in [5, 5.41) is 180. The number of hydrogen-bond acceptors (Lipinski definition) is 28. The largest absolute Gasteiger partial charge is 0.454 e. The summed E-state index contributed by atoms with van der Waals surface area (Å²) in [6.45, 7) is -0.770. The average molecular weight is 1100 g/mol. The SMILES string of the molecule is C[C@@H]1O[C@H](O[C@H]2[C@@H](O)[C@H](O)[C@@H](OC3CC4C(CC(O)CC4O[C@H]4O[C@@H](CO)[C@H](O)[C@@H](O)[C@@H]4O)OC3C3CC(O)C(O)C(O)C3)O[C@H]2CO)[C@@H](O)[C@H](O)[C@H]1OC(=O)C=CC1CCC(O[C@@H]2O[C@@H](CO)[C@H](O)[C@H](O)[C@H]2O)CC1. The number of aliphatic hydroxyl groups excluding tert-OH is 17. The highest BCUT2D eigenvalue weighted by atomic mass is 16.8. The lowest BCUT2D eigenvalue weighted by Crippen LogP contribution is -2.65. The van der Waals surface area contributed by atoms with Gasteiger partial charge in [0.25, 0.3) is 0 Å². The smallest absolute Gasteiger partial charge is 0.330 e. The zero-order valence-corrected chi connectivity index (χ0v) is 41.7. The third kappa shape index (κ3) is 13.1. The van der Waals surface area contributed by atoms with Crippen molar-refractivity contribution in [2.75, 3.05) is 19.8 Å². The highest BCUT2D eigenvalue weighted by Crippen LogP contribution is 2.45. The minimum Gasteiger partial charge on any atom is -0.454 e. The predicted octanol–water partition coefficient (Wildman–Crippen LogP) is -7.89. The van der Waals surface area contributed by atoms with E-state index in [4.69, 9.17) is 47.4 Å². The fraction of sp³-hybridized carbons (Fsp3) is 0.938. The van der Waals surface area contributed by atoms with Gasteiger partial charge in [-0.1, -0.05) is 6.08 Å². The third-order valence-electron chi connectivity index (χ3n) is 16.5. The second kappa shape index (κ2) is 26.0. The van der Waals surface area contributed by atoms with E-state index in [0.717, 1.165) is 0 Å². The van der Waals surface area contributed by atoms with Crippen LogP contribution in [0.3, 0.4) is 0 Å². The molecule has 0 amide bonds. The molecule has 28 nitrogen and oxygen atoms in total. The first-order valence-corrected chi connectivity index (χ1v) is 26.3. The Bertz CT molecular complexity index is 1850. The van der Waals surface area contributed by atoms with Crippen LogP contribution in [0.2, 0.25) is 0 Å². The number of carbonyl (C=O) groups excluding carboxylic acids is 1. The van der Waals surface area contributed by atoms with Gasteiger partial charge in [-0.05, 0) is 70.1 Å². The van der Waals surface area contributed by atoms with Crippen molar-refractivity contribution in [1.82, 2.24) is 0 Å². The minimum atomic E-state index is -1.96. The summed E-state index contributed by atoms with van der Waals surface area (Å²) in [5.74, 6) is -2.38. The molecule has 8 fully saturated rings. The van der Waals surface area contributed by atoms with Gasteiger partial charge in [0.1, 0.15) is 91.6 Å². The number of esters is 1. The van der Waals surface area contributed by atoms with Crippen LogP contribution < -0.4 is 0 Å². The van der Waals surface area contributed by atoms with E-state index in [2.05, 4.69) is 0 Å². The molecule has 0 aromatic heterocycles. The van der Waals surface area contributed by atoms with Crippen LogP contribution in [0.4, 0.5) is 0 Å². The molecule has 0 aromatic carbocycles. The van der Waals surface area contributed by atoms with Gasteiger partial charge in [0.05, 0.1) is 74.8 Å². The molecule has 5 heterocycles. The summed E-state index contributed by atoms with van der Waals surface area (Å²) in [5.41, 5.74) is 0. The predicted molar refractivity (Wildman–Crippen MR) is 245 cm³/mol. The molecule has 0 spiro atoms. The number of rotatable bonds is 15. The monoisotopic (exact) mass is 1100 g/mol. The normalized spacial score (nSPS) is 52.5. The molecule has 8 rings (SSSR count). The maximum atomic E-state index is 13.0. The van der Waals surface area contributed by atoms with Gasteiger partial charge in [-0.25, -0.2) is 4.79 Å². The van der Waals surface area contributed by atoms with Crippen LogP contribution in [0.5, 0.6) is 0 Å². The maximum Gasteiger partial charge on any atom is 0.330 e. The minimum absolute atomic E-state index is 0.0191. The Morgan fingerprint density at radius 2 is 0.987 bits per heavy atom. The molecule has 438 valence electrons. The van der Waals surface area contributed by atoms with Crippen molar-refractivity contribution in [2.45, 2.75) is 242 Å². The number of hydrogen-bond donors (Lipinski definition) is 17. The molecule has 5 saturated heterocycles.